The van der Waals surface area contributed by atoms with Gasteiger partial charge < -0.3 is 10.2 Å². The number of hydrogen-bond acceptors (Lipinski definition) is 7. The van der Waals surface area contributed by atoms with Crippen molar-refractivity contribution in [3.05, 3.63) is 106 Å². The average Bonchev–Trinajstić information content (AvgIpc) is 3.47. The first-order chi connectivity index (χ1) is 24.0. The number of hydrogen-bond donors (Lipinski definition) is 3. The van der Waals surface area contributed by atoms with E-state index in [-0.39, 0.29) is 43.4 Å². The standard InChI is InChI=1S/C39H38ClN3O7/c1-22-11-14-25(15-12-22)41-43-36(48)30-21-28-26(16-17-27-33(28)37(49)42(35(27)47)19-7-3-6-10-32(45)46)34(29-20-24(40)13-18-31(29)44)39(30,38(43)50)23-8-4-2-5-9-23/h2,4-5,8-9,11-16,18,20,27-28,30,33-34,41,44H,3,6-7,10,17,19,21H2,1H3,(H,45,46). The Bertz CT molecular complexity index is 1910. The summed E-state index contributed by atoms with van der Waals surface area (Å²) in [6.07, 6.45) is 3.86. The van der Waals surface area contributed by atoms with Gasteiger partial charge in [0.1, 0.15) is 5.75 Å². The van der Waals surface area contributed by atoms with Crippen molar-refractivity contribution < 1.29 is 34.2 Å². The Kier molecular flexibility index (Phi) is 8.76. The molecule has 4 aliphatic rings. The zero-order valence-electron chi connectivity index (χ0n) is 27.6. The van der Waals surface area contributed by atoms with E-state index in [9.17, 15) is 24.3 Å². The molecule has 11 heteroatoms. The number of halogens is 1. The summed E-state index contributed by atoms with van der Waals surface area (Å²) in [5.74, 6) is -6.30. The summed E-state index contributed by atoms with van der Waals surface area (Å²) in [4.78, 5) is 70.0. The molecule has 0 bridgehead atoms. The number of rotatable bonds is 10. The SMILES string of the molecule is Cc1ccc(NN2C(=O)C3CC4C(=CCC5C(=O)N(CCCCCC(=O)O)C(=O)C54)C(c4cc(Cl)ccc4O)C3(c3ccccc3)C2=O)cc1. The summed E-state index contributed by atoms with van der Waals surface area (Å²) in [5, 5.41) is 21.9. The molecule has 2 aliphatic heterocycles. The lowest BCUT2D eigenvalue weighted by Crippen LogP contribution is -2.53. The van der Waals surface area contributed by atoms with Gasteiger partial charge in [0.25, 0.3) is 11.8 Å². The first-order valence-electron chi connectivity index (χ1n) is 17.1. The van der Waals surface area contributed by atoms with Crippen LogP contribution in [0.3, 0.4) is 0 Å². The number of phenolic OH excluding ortho intramolecular Hbond substituents is 1. The van der Waals surface area contributed by atoms with Gasteiger partial charge in [-0.15, -0.1) is 0 Å². The van der Waals surface area contributed by atoms with Crippen molar-refractivity contribution in [3.8, 4) is 5.75 Å². The summed E-state index contributed by atoms with van der Waals surface area (Å²) in [7, 11) is 0. The Labute approximate surface area is 294 Å². The number of aryl methyl sites for hydroxylation is 1. The molecule has 258 valence electrons. The number of benzene rings is 3. The molecule has 6 atom stereocenters. The van der Waals surface area contributed by atoms with Crippen molar-refractivity contribution in [2.75, 3.05) is 12.0 Å². The largest absolute Gasteiger partial charge is 0.508 e. The third kappa shape index (κ3) is 5.37. The van der Waals surface area contributed by atoms with Crippen LogP contribution in [-0.2, 0) is 29.4 Å². The lowest BCUT2D eigenvalue weighted by Gasteiger charge is -2.50. The van der Waals surface area contributed by atoms with Crippen LogP contribution in [0.15, 0.2) is 84.4 Å². The minimum Gasteiger partial charge on any atom is -0.508 e. The number of aliphatic carboxylic acids is 1. The Morgan fingerprint density at radius 2 is 1.66 bits per heavy atom. The number of carbonyl (C=O) groups is 5. The first kappa shape index (κ1) is 33.5. The molecule has 6 unspecified atom stereocenters. The normalized spacial score (nSPS) is 27.2. The highest BCUT2D eigenvalue weighted by atomic mass is 35.5. The van der Waals surface area contributed by atoms with E-state index in [2.05, 4.69) is 5.43 Å². The van der Waals surface area contributed by atoms with Crippen LogP contribution in [0.25, 0.3) is 0 Å². The Hall–Kier alpha value is -4.96. The highest BCUT2D eigenvalue weighted by molar-refractivity contribution is 6.30. The molecule has 3 N–H and O–H groups in total. The number of carboxylic acid groups (broad SMARTS) is 1. The zero-order chi connectivity index (χ0) is 35.3. The number of anilines is 1. The Morgan fingerprint density at radius 1 is 0.920 bits per heavy atom. The van der Waals surface area contributed by atoms with Gasteiger partial charge in [0.05, 0.1) is 28.9 Å². The van der Waals surface area contributed by atoms with Crippen molar-refractivity contribution in [2.24, 2.45) is 23.7 Å². The number of amides is 4. The fourth-order valence-electron chi connectivity index (χ4n) is 8.86. The third-order valence-corrected chi connectivity index (χ3v) is 11.3. The number of carboxylic acids is 1. The maximum atomic E-state index is 15.1. The van der Waals surface area contributed by atoms with E-state index in [4.69, 9.17) is 16.7 Å². The zero-order valence-corrected chi connectivity index (χ0v) is 28.3. The van der Waals surface area contributed by atoms with Crippen LogP contribution < -0.4 is 5.43 Å². The van der Waals surface area contributed by atoms with Crippen LogP contribution in [0.5, 0.6) is 5.75 Å². The molecule has 0 radical (unpaired) electrons. The number of carbonyl (C=O) groups excluding carboxylic acids is 4. The molecule has 7 rings (SSSR count). The minimum absolute atomic E-state index is 0.0212. The lowest BCUT2D eigenvalue weighted by atomic mass is 9.49. The highest BCUT2D eigenvalue weighted by Crippen LogP contribution is 2.65. The van der Waals surface area contributed by atoms with Crippen molar-refractivity contribution in [2.45, 2.75) is 56.8 Å². The van der Waals surface area contributed by atoms with Crippen LogP contribution in [0.4, 0.5) is 5.69 Å². The summed E-state index contributed by atoms with van der Waals surface area (Å²) >= 11 is 6.55. The van der Waals surface area contributed by atoms with E-state index in [0.29, 0.717) is 41.1 Å². The molecule has 3 fully saturated rings. The number of allylic oxidation sites excluding steroid dienone is 2. The van der Waals surface area contributed by atoms with Gasteiger partial charge in [-0.25, -0.2) is 0 Å². The Morgan fingerprint density at radius 3 is 2.38 bits per heavy atom. The van der Waals surface area contributed by atoms with Crippen LogP contribution >= 0.6 is 11.6 Å². The first-order valence-corrected chi connectivity index (χ1v) is 17.4. The number of likely N-dealkylation sites (tertiary alicyclic amines) is 1. The van der Waals surface area contributed by atoms with Gasteiger partial charge in [0, 0.05) is 29.5 Å². The maximum Gasteiger partial charge on any atom is 0.303 e. The quantitative estimate of drug-likeness (QED) is 0.133. The molecule has 4 amide bonds. The van der Waals surface area contributed by atoms with Crippen molar-refractivity contribution in [1.29, 1.82) is 0 Å². The average molecular weight is 696 g/mol. The molecule has 3 aromatic carbocycles. The van der Waals surface area contributed by atoms with Crippen LogP contribution in [0.2, 0.25) is 5.02 Å². The minimum atomic E-state index is -1.51. The summed E-state index contributed by atoms with van der Waals surface area (Å²) in [6.45, 7) is 2.13. The molecule has 2 heterocycles. The van der Waals surface area contributed by atoms with E-state index in [0.717, 1.165) is 16.1 Å². The smallest absolute Gasteiger partial charge is 0.303 e. The maximum absolute atomic E-state index is 15.1. The number of hydrazine groups is 1. The van der Waals surface area contributed by atoms with Gasteiger partial charge in [0.15, 0.2) is 0 Å². The van der Waals surface area contributed by atoms with Gasteiger partial charge in [-0.2, -0.15) is 5.01 Å². The van der Waals surface area contributed by atoms with Crippen molar-refractivity contribution in [3.63, 3.8) is 0 Å². The van der Waals surface area contributed by atoms with Gasteiger partial charge in [-0.05, 0) is 74.4 Å². The van der Waals surface area contributed by atoms with Gasteiger partial charge in [-0.3, -0.25) is 34.3 Å². The monoisotopic (exact) mass is 695 g/mol. The molecule has 2 aliphatic carbocycles. The van der Waals surface area contributed by atoms with Gasteiger partial charge in [0.2, 0.25) is 11.8 Å². The van der Waals surface area contributed by atoms with Gasteiger partial charge in [-0.1, -0.05) is 77.7 Å². The number of phenols is 1. The molecule has 3 aromatic rings. The van der Waals surface area contributed by atoms with Gasteiger partial charge >= 0.3 is 5.97 Å². The van der Waals surface area contributed by atoms with Crippen molar-refractivity contribution in [1.82, 2.24) is 9.91 Å². The number of aromatic hydroxyl groups is 1. The van der Waals surface area contributed by atoms with E-state index in [1.165, 1.54) is 11.0 Å². The van der Waals surface area contributed by atoms with E-state index < -0.39 is 52.8 Å². The van der Waals surface area contributed by atoms with Crippen LogP contribution in [0.1, 0.15) is 61.1 Å². The predicted molar refractivity (Wildman–Crippen MR) is 185 cm³/mol. The number of unbranched alkanes of at least 4 members (excludes halogenated alkanes) is 2. The topological polar surface area (TPSA) is 144 Å². The number of imide groups is 2. The second-order valence-electron chi connectivity index (χ2n) is 13.8. The molecule has 50 heavy (non-hydrogen) atoms. The molecular weight excluding hydrogens is 658 g/mol. The van der Waals surface area contributed by atoms with Crippen LogP contribution in [0, 0.1) is 30.6 Å². The number of nitrogens with zero attached hydrogens (tertiary/aromatic N) is 2. The lowest BCUT2D eigenvalue weighted by molar-refractivity contribution is -0.141. The summed E-state index contributed by atoms with van der Waals surface area (Å²) in [6, 6.07) is 21.1. The summed E-state index contributed by atoms with van der Waals surface area (Å²) in [5.41, 5.74) is 4.81. The predicted octanol–water partition coefficient (Wildman–Crippen LogP) is 5.98. The van der Waals surface area contributed by atoms with E-state index in [1.807, 2.05) is 55.5 Å². The molecule has 1 saturated carbocycles. The number of fused-ring (bicyclic) bond motifs is 4. The highest BCUT2D eigenvalue weighted by Gasteiger charge is 2.70. The fraction of sp³-hybridized carbons (Fsp3) is 0.359. The molecule has 0 spiro atoms. The molecule has 10 nitrogen and oxygen atoms in total. The number of nitrogens with one attached hydrogen (secondary N) is 1. The van der Waals surface area contributed by atoms with Crippen LogP contribution in [-0.4, -0.2) is 56.3 Å². The molecular formula is C39H38ClN3O7. The third-order valence-electron chi connectivity index (χ3n) is 11.1. The second kappa shape index (κ2) is 13.1. The second-order valence-corrected chi connectivity index (χ2v) is 14.3. The summed E-state index contributed by atoms with van der Waals surface area (Å²) < 4.78 is 0. The molecule has 2 saturated heterocycles. The van der Waals surface area contributed by atoms with E-state index >= 15 is 4.79 Å². The molecule has 0 aromatic heterocycles. The van der Waals surface area contributed by atoms with E-state index in [1.54, 1.807) is 24.3 Å². The van der Waals surface area contributed by atoms with Crippen molar-refractivity contribution >= 4 is 46.9 Å². The Balaban J connectivity index is 1.34. The fourth-order valence-corrected chi connectivity index (χ4v) is 9.04.